The van der Waals surface area contributed by atoms with Gasteiger partial charge in [0, 0.05) is 0 Å². The Balaban J connectivity index is 2.15. The molecule has 0 heterocycles. The molecule has 2 nitrogen and oxygen atoms in total. The highest BCUT2D eigenvalue weighted by Crippen LogP contribution is 2.37. The Bertz CT molecular complexity index is 372. The quantitative estimate of drug-likeness (QED) is 0.885. The molecule has 0 saturated heterocycles. The Labute approximate surface area is 108 Å². The third-order valence-electron chi connectivity index (χ3n) is 3.62. The number of rotatable bonds is 3. The number of methoxy groups -OCH3 is 1. The summed E-state index contributed by atoms with van der Waals surface area (Å²) in [6.45, 7) is 0. The zero-order chi connectivity index (χ0) is 12.3. The van der Waals surface area contributed by atoms with Crippen molar-refractivity contribution >= 4 is 11.6 Å². The lowest BCUT2D eigenvalue weighted by Gasteiger charge is -2.27. The number of halogens is 1. The van der Waals surface area contributed by atoms with Crippen LogP contribution in [0.3, 0.4) is 0 Å². The number of hydrogen-bond acceptors (Lipinski definition) is 2. The van der Waals surface area contributed by atoms with Gasteiger partial charge in [0.25, 0.3) is 0 Å². The van der Waals surface area contributed by atoms with Crippen molar-refractivity contribution in [1.82, 2.24) is 0 Å². The maximum absolute atomic E-state index is 10.4. The smallest absolute Gasteiger partial charge is 0.120 e. The second-order valence-electron chi connectivity index (χ2n) is 4.73. The van der Waals surface area contributed by atoms with Gasteiger partial charge in [-0.05, 0) is 36.5 Å². The van der Waals surface area contributed by atoms with Crippen LogP contribution >= 0.6 is 11.6 Å². The summed E-state index contributed by atoms with van der Waals surface area (Å²) in [5.74, 6) is 1.09. The molecule has 3 heteroatoms. The number of benzene rings is 1. The van der Waals surface area contributed by atoms with E-state index in [0.29, 0.717) is 10.9 Å². The van der Waals surface area contributed by atoms with Gasteiger partial charge in [-0.2, -0.15) is 0 Å². The van der Waals surface area contributed by atoms with Gasteiger partial charge in [-0.1, -0.05) is 36.9 Å². The molecule has 2 rings (SSSR count). The first-order valence-corrected chi connectivity index (χ1v) is 6.61. The first-order chi connectivity index (χ1) is 8.22. The first kappa shape index (κ1) is 12.7. The van der Waals surface area contributed by atoms with Gasteiger partial charge in [0.2, 0.25) is 0 Å². The normalized spacial score (nSPS) is 19.0. The van der Waals surface area contributed by atoms with Crippen LogP contribution in [-0.4, -0.2) is 12.2 Å². The van der Waals surface area contributed by atoms with Crippen molar-refractivity contribution in [3.05, 3.63) is 28.8 Å². The van der Waals surface area contributed by atoms with Crippen molar-refractivity contribution in [1.29, 1.82) is 0 Å². The van der Waals surface area contributed by atoms with Crippen molar-refractivity contribution in [2.75, 3.05) is 7.11 Å². The van der Waals surface area contributed by atoms with Crippen LogP contribution in [0.25, 0.3) is 0 Å². The number of hydrogen-bond donors (Lipinski definition) is 1. The van der Waals surface area contributed by atoms with E-state index in [0.717, 1.165) is 24.2 Å². The van der Waals surface area contributed by atoms with Crippen LogP contribution in [0.2, 0.25) is 5.02 Å². The predicted molar refractivity (Wildman–Crippen MR) is 69.5 cm³/mol. The summed E-state index contributed by atoms with van der Waals surface area (Å²) in [6.07, 6.45) is 5.49. The lowest BCUT2D eigenvalue weighted by Crippen LogP contribution is -2.16. The predicted octanol–water partition coefficient (Wildman–Crippen LogP) is 3.96. The topological polar surface area (TPSA) is 29.5 Å². The average Bonchev–Trinajstić information content (AvgIpc) is 2.39. The van der Waals surface area contributed by atoms with Crippen LogP contribution < -0.4 is 4.74 Å². The molecule has 0 bridgehead atoms. The van der Waals surface area contributed by atoms with E-state index < -0.39 is 6.10 Å². The van der Waals surface area contributed by atoms with Gasteiger partial charge in [-0.15, -0.1) is 0 Å². The van der Waals surface area contributed by atoms with E-state index in [1.807, 2.05) is 12.1 Å². The number of aliphatic hydroxyl groups is 1. The highest BCUT2D eigenvalue weighted by Gasteiger charge is 2.24. The van der Waals surface area contributed by atoms with Crippen LogP contribution in [0.1, 0.15) is 43.8 Å². The standard InChI is InChI=1S/C14H19ClO2/c1-17-11-7-8-12(13(15)9-11)14(16)10-5-3-2-4-6-10/h7-10,14,16H,2-6H2,1H3. The van der Waals surface area contributed by atoms with Gasteiger partial charge in [0.15, 0.2) is 0 Å². The molecule has 0 aromatic heterocycles. The maximum atomic E-state index is 10.4. The van der Waals surface area contributed by atoms with Crippen molar-refractivity contribution in [2.45, 2.75) is 38.2 Å². The van der Waals surface area contributed by atoms with Gasteiger partial charge in [0.05, 0.1) is 18.2 Å². The van der Waals surface area contributed by atoms with Gasteiger partial charge < -0.3 is 9.84 Å². The SMILES string of the molecule is COc1ccc(C(O)C2CCCCC2)c(Cl)c1. The maximum Gasteiger partial charge on any atom is 0.120 e. The molecule has 0 radical (unpaired) electrons. The van der Waals surface area contributed by atoms with E-state index in [1.54, 1.807) is 13.2 Å². The second kappa shape index (κ2) is 5.74. The van der Waals surface area contributed by atoms with E-state index in [4.69, 9.17) is 16.3 Å². The van der Waals surface area contributed by atoms with E-state index in [-0.39, 0.29) is 0 Å². The fourth-order valence-corrected chi connectivity index (χ4v) is 2.86. The van der Waals surface area contributed by atoms with E-state index in [1.165, 1.54) is 19.3 Å². The van der Waals surface area contributed by atoms with Gasteiger partial charge in [-0.25, -0.2) is 0 Å². The molecule has 1 aliphatic rings. The summed E-state index contributed by atoms with van der Waals surface area (Å²) < 4.78 is 5.11. The average molecular weight is 255 g/mol. The molecule has 1 unspecified atom stereocenters. The molecule has 1 saturated carbocycles. The molecule has 94 valence electrons. The molecule has 1 N–H and O–H groups in total. The summed E-state index contributed by atoms with van der Waals surface area (Å²) in [6, 6.07) is 5.50. The summed E-state index contributed by atoms with van der Waals surface area (Å²) in [7, 11) is 1.61. The Morgan fingerprint density at radius 2 is 2.00 bits per heavy atom. The van der Waals surface area contributed by atoms with Crippen molar-refractivity contribution in [3.63, 3.8) is 0 Å². The highest BCUT2D eigenvalue weighted by atomic mass is 35.5. The molecule has 1 aromatic rings. The minimum Gasteiger partial charge on any atom is -0.497 e. The molecule has 1 fully saturated rings. The Morgan fingerprint density at radius 3 is 2.59 bits per heavy atom. The van der Waals surface area contributed by atoms with Crippen molar-refractivity contribution < 1.29 is 9.84 Å². The summed E-state index contributed by atoms with van der Waals surface area (Å²) in [5, 5.41) is 11.0. The van der Waals surface area contributed by atoms with Crippen LogP contribution in [0.4, 0.5) is 0 Å². The fraction of sp³-hybridized carbons (Fsp3) is 0.571. The molecule has 17 heavy (non-hydrogen) atoms. The number of ether oxygens (including phenoxy) is 1. The third kappa shape index (κ3) is 2.93. The summed E-state index contributed by atoms with van der Waals surface area (Å²) in [5.41, 5.74) is 0.833. The molecular weight excluding hydrogens is 236 g/mol. The minimum absolute atomic E-state index is 0.356. The van der Waals surface area contributed by atoms with E-state index in [2.05, 4.69) is 0 Å². The molecule has 1 atom stereocenters. The van der Waals surface area contributed by atoms with E-state index >= 15 is 0 Å². The number of aliphatic hydroxyl groups excluding tert-OH is 1. The van der Waals surface area contributed by atoms with Crippen LogP contribution in [0.15, 0.2) is 18.2 Å². The third-order valence-corrected chi connectivity index (χ3v) is 3.95. The Morgan fingerprint density at radius 1 is 1.29 bits per heavy atom. The van der Waals surface area contributed by atoms with Crippen LogP contribution in [0.5, 0.6) is 5.75 Å². The van der Waals surface area contributed by atoms with Crippen molar-refractivity contribution in [3.8, 4) is 5.75 Å². The van der Waals surface area contributed by atoms with Crippen LogP contribution in [0, 0.1) is 5.92 Å². The summed E-state index contributed by atoms with van der Waals surface area (Å²) in [4.78, 5) is 0. The van der Waals surface area contributed by atoms with Crippen LogP contribution in [-0.2, 0) is 0 Å². The molecule has 1 aliphatic carbocycles. The first-order valence-electron chi connectivity index (χ1n) is 6.24. The second-order valence-corrected chi connectivity index (χ2v) is 5.14. The Hall–Kier alpha value is -0.730. The zero-order valence-corrected chi connectivity index (χ0v) is 10.9. The minimum atomic E-state index is -0.436. The molecular formula is C14H19ClO2. The fourth-order valence-electron chi connectivity index (χ4n) is 2.58. The van der Waals surface area contributed by atoms with Gasteiger partial charge in [-0.3, -0.25) is 0 Å². The summed E-state index contributed by atoms with van der Waals surface area (Å²) >= 11 is 6.18. The monoisotopic (exact) mass is 254 g/mol. The molecule has 0 aliphatic heterocycles. The Kier molecular flexibility index (Phi) is 4.30. The van der Waals surface area contributed by atoms with Gasteiger partial charge >= 0.3 is 0 Å². The molecule has 0 spiro atoms. The van der Waals surface area contributed by atoms with Crippen molar-refractivity contribution in [2.24, 2.45) is 5.92 Å². The lowest BCUT2D eigenvalue weighted by atomic mass is 9.83. The van der Waals surface area contributed by atoms with E-state index in [9.17, 15) is 5.11 Å². The molecule has 1 aromatic carbocycles. The lowest BCUT2D eigenvalue weighted by molar-refractivity contribution is 0.0849. The van der Waals surface area contributed by atoms with Gasteiger partial charge in [0.1, 0.15) is 5.75 Å². The molecule has 0 amide bonds. The highest BCUT2D eigenvalue weighted by molar-refractivity contribution is 6.31. The largest absolute Gasteiger partial charge is 0.497 e. The zero-order valence-electron chi connectivity index (χ0n) is 10.2.